The number of carbonyl (C=O) groups is 1. The van der Waals surface area contributed by atoms with Crippen LogP contribution in [0.2, 0.25) is 0 Å². The molecular weight excluding hydrogens is 405 g/mol. The molecule has 2 heterocycles. The van der Waals surface area contributed by atoms with E-state index >= 15 is 0 Å². The van der Waals surface area contributed by atoms with E-state index in [1.165, 1.54) is 49.6 Å². The summed E-state index contributed by atoms with van der Waals surface area (Å²) in [6.45, 7) is 2.63. The van der Waals surface area contributed by atoms with Gasteiger partial charge >= 0.3 is 0 Å². The molecule has 3 aliphatic rings. The minimum Gasteiger partial charge on any atom is -0.378 e. The Bertz CT molecular complexity index is 897. The van der Waals surface area contributed by atoms with Crippen molar-refractivity contribution in [2.45, 2.75) is 36.9 Å². The number of thioether (sulfide) groups is 1. The lowest BCUT2D eigenvalue weighted by molar-refractivity contribution is -0.119. The molecule has 0 spiro atoms. The molecule has 160 valence electrons. The molecule has 1 aliphatic heterocycles. The second-order valence-corrected chi connectivity index (χ2v) is 9.20. The third-order valence-electron chi connectivity index (χ3n) is 5.90. The molecule has 0 bridgehead atoms. The third-order valence-corrected chi connectivity index (χ3v) is 6.83. The molecule has 9 heteroatoms. The molecular formula is C21H26FN5O2S. The first-order valence-corrected chi connectivity index (χ1v) is 11.6. The predicted molar refractivity (Wildman–Crippen MR) is 112 cm³/mol. The van der Waals surface area contributed by atoms with Gasteiger partial charge in [-0.3, -0.25) is 9.36 Å². The van der Waals surface area contributed by atoms with E-state index in [1.54, 1.807) is 6.07 Å². The molecule has 0 unspecified atom stereocenters. The Morgan fingerprint density at radius 1 is 1.20 bits per heavy atom. The zero-order chi connectivity index (χ0) is 20.5. The maximum absolute atomic E-state index is 13.9. The molecule has 1 N–H and O–H groups in total. The van der Waals surface area contributed by atoms with Crippen molar-refractivity contribution in [2.75, 3.05) is 37.0 Å². The van der Waals surface area contributed by atoms with Crippen molar-refractivity contribution in [1.29, 1.82) is 0 Å². The fourth-order valence-electron chi connectivity index (χ4n) is 4.05. The van der Waals surface area contributed by atoms with E-state index in [2.05, 4.69) is 20.4 Å². The van der Waals surface area contributed by atoms with E-state index < -0.39 is 0 Å². The van der Waals surface area contributed by atoms with E-state index in [1.807, 2.05) is 10.6 Å². The molecule has 1 saturated heterocycles. The molecule has 2 aliphatic carbocycles. The first kappa shape index (κ1) is 19.8. The van der Waals surface area contributed by atoms with Crippen LogP contribution in [0.5, 0.6) is 0 Å². The van der Waals surface area contributed by atoms with Crippen molar-refractivity contribution in [3.8, 4) is 5.69 Å². The summed E-state index contributed by atoms with van der Waals surface area (Å²) in [5, 5.41) is 12.5. The highest BCUT2D eigenvalue weighted by Gasteiger charge is 2.42. The van der Waals surface area contributed by atoms with Gasteiger partial charge in [0.15, 0.2) is 5.16 Å². The van der Waals surface area contributed by atoms with Crippen LogP contribution < -0.4 is 10.2 Å². The fraction of sp³-hybridized carbons (Fsp3) is 0.571. The number of nitrogens with zero attached hydrogens (tertiary/aromatic N) is 4. The van der Waals surface area contributed by atoms with E-state index in [9.17, 15) is 9.18 Å². The van der Waals surface area contributed by atoms with Crippen LogP contribution in [-0.2, 0) is 9.53 Å². The standard InChI is InChI=1S/C21H26FN5O2S/c22-16-2-1-3-17(12-16)27-20(26-8-10-29-11-9-26)24-25-21(27)30-13-18(28)23-19(14-4-5-14)15-6-7-15/h1-3,12,14-15,19H,4-11,13H2,(H,23,28). The number of halogens is 1. The number of hydrogen-bond donors (Lipinski definition) is 1. The van der Waals surface area contributed by atoms with Gasteiger partial charge in [-0.2, -0.15) is 0 Å². The van der Waals surface area contributed by atoms with E-state index in [0.717, 1.165) is 0 Å². The summed E-state index contributed by atoms with van der Waals surface area (Å²) in [6, 6.07) is 6.72. The Kier molecular flexibility index (Phi) is 5.64. The molecule has 0 radical (unpaired) electrons. The number of benzene rings is 1. The molecule has 2 saturated carbocycles. The van der Waals surface area contributed by atoms with Crippen molar-refractivity contribution < 1.29 is 13.9 Å². The normalized spacial score (nSPS) is 19.3. The molecule has 0 atom stereocenters. The van der Waals surface area contributed by atoms with Crippen LogP contribution >= 0.6 is 11.8 Å². The summed E-state index contributed by atoms with van der Waals surface area (Å²) in [5.74, 6) is 1.96. The van der Waals surface area contributed by atoms with Crippen molar-refractivity contribution in [3.63, 3.8) is 0 Å². The van der Waals surface area contributed by atoms with Gasteiger partial charge in [0.1, 0.15) is 5.82 Å². The van der Waals surface area contributed by atoms with Gasteiger partial charge in [-0.25, -0.2) is 4.39 Å². The summed E-state index contributed by atoms with van der Waals surface area (Å²) in [5.41, 5.74) is 0.651. The van der Waals surface area contributed by atoms with Crippen LogP contribution in [0, 0.1) is 17.7 Å². The number of hydrogen-bond acceptors (Lipinski definition) is 6. The SMILES string of the molecule is O=C(CSc1nnc(N2CCOCC2)n1-c1cccc(F)c1)NC(C1CC1)C1CC1. The molecule has 30 heavy (non-hydrogen) atoms. The first-order valence-electron chi connectivity index (χ1n) is 10.7. The fourth-order valence-corrected chi connectivity index (χ4v) is 4.81. The van der Waals surface area contributed by atoms with Crippen molar-refractivity contribution in [3.05, 3.63) is 30.1 Å². The van der Waals surface area contributed by atoms with Gasteiger partial charge in [0, 0.05) is 19.1 Å². The van der Waals surface area contributed by atoms with Crippen molar-refractivity contribution in [1.82, 2.24) is 20.1 Å². The Hall–Kier alpha value is -2.13. The zero-order valence-corrected chi connectivity index (χ0v) is 17.6. The molecule has 5 rings (SSSR count). The molecule has 7 nitrogen and oxygen atoms in total. The minimum absolute atomic E-state index is 0.0329. The zero-order valence-electron chi connectivity index (χ0n) is 16.8. The lowest BCUT2D eigenvalue weighted by atomic mass is 10.1. The summed E-state index contributed by atoms with van der Waals surface area (Å²) in [4.78, 5) is 14.7. The van der Waals surface area contributed by atoms with E-state index in [4.69, 9.17) is 4.74 Å². The largest absolute Gasteiger partial charge is 0.378 e. The number of amides is 1. The molecule has 1 aromatic heterocycles. The summed E-state index contributed by atoms with van der Waals surface area (Å²) >= 11 is 1.34. The lowest BCUT2D eigenvalue weighted by Crippen LogP contribution is -2.39. The van der Waals surface area contributed by atoms with Gasteiger partial charge in [0.05, 0.1) is 24.7 Å². The maximum Gasteiger partial charge on any atom is 0.232 e. The number of ether oxygens (including phenoxy) is 1. The van der Waals surface area contributed by atoms with Gasteiger partial charge in [-0.1, -0.05) is 17.8 Å². The molecule has 3 fully saturated rings. The third kappa shape index (κ3) is 4.46. The Balaban J connectivity index is 1.33. The Labute approximate surface area is 179 Å². The summed E-state index contributed by atoms with van der Waals surface area (Å²) in [7, 11) is 0. The number of rotatable bonds is 8. The monoisotopic (exact) mass is 431 g/mol. The van der Waals surface area contributed by atoms with Crippen LogP contribution in [0.25, 0.3) is 5.69 Å². The Morgan fingerprint density at radius 3 is 2.60 bits per heavy atom. The average Bonchev–Trinajstić information content (AvgIpc) is 3.69. The molecule has 2 aromatic rings. The number of aromatic nitrogens is 3. The second kappa shape index (κ2) is 8.55. The van der Waals surface area contributed by atoms with Gasteiger partial charge in [-0.05, 0) is 55.7 Å². The van der Waals surface area contributed by atoms with Gasteiger partial charge in [0.25, 0.3) is 0 Å². The van der Waals surface area contributed by atoms with Crippen LogP contribution in [0.4, 0.5) is 10.3 Å². The predicted octanol–water partition coefficient (Wildman–Crippen LogP) is 2.64. The molecule has 1 amide bonds. The first-order chi connectivity index (χ1) is 14.7. The average molecular weight is 432 g/mol. The van der Waals surface area contributed by atoms with Crippen molar-refractivity contribution >= 4 is 23.6 Å². The van der Waals surface area contributed by atoms with Crippen LogP contribution in [0.15, 0.2) is 29.4 Å². The quantitative estimate of drug-likeness (QED) is 0.648. The molecule has 1 aromatic carbocycles. The highest BCUT2D eigenvalue weighted by molar-refractivity contribution is 7.99. The van der Waals surface area contributed by atoms with Gasteiger partial charge < -0.3 is 15.0 Å². The summed E-state index contributed by atoms with van der Waals surface area (Å²) < 4.78 is 21.2. The van der Waals surface area contributed by atoms with Gasteiger partial charge in [0.2, 0.25) is 11.9 Å². The van der Waals surface area contributed by atoms with Crippen LogP contribution in [0.1, 0.15) is 25.7 Å². The number of nitrogens with one attached hydrogen (secondary N) is 1. The van der Waals surface area contributed by atoms with Crippen molar-refractivity contribution in [2.24, 2.45) is 11.8 Å². The number of carbonyl (C=O) groups excluding carboxylic acids is 1. The maximum atomic E-state index is 13.9. The minimum atomic E-state index is -0.320. The van der Waals surface area contributed by atoms with E-state index in [-0.39, 0.29) is 17.5 Å². The highest BCUT2D eigenvalue weighted by atomic mass is 32.2. The van der Waals surface area contributed by atoms with Crippen LogP contribution in [-0.4, -0.2) is 58.8 Å². The topological polar surface area (TPSA) is 72.3 Å². The second-order valence-electron chi connectivity index (χ2n) is 8.25. The smallest absolute Gasteiger partial charge is 0.232 e. The number of anilines is 1. The Morgan fingerprint density at radius 2 is 1.93 bits per heavy atom. The van der Waals surface area contributed by atoms with E-state index in [0.29, 0.717) is 61.0 Å². The lowest BCUT2D eigenvalue weighted by Gasteiger charge is -2.27. The number of morpholine rings is 1. The summed E-state index contributed by atoms with van der Waals surface area (Å²) in [6.07, 6.45) is 4.91. The van der Waals surface area contributed by atoms with Crippen LogP contribution in [0.3, 0.4) is 0 Å². The van der Waals surface area contributed by atoms with Gasteiger partial charge in [-0.15, -0.1) is 10.2 Å². The highest BCUT2D eigenvalue weighted by Crippen LogP contribution is 2.44.